The normalized spacial score (nSPS) is 15.6. The highest BCUT2D eigenvalue weighted by molar-refractivity contribution is 5.89. The summed E-state index contributed by atoms with van der Waals surface area (Å²) in [6.07, 6.45) is 23.3. The minimum atomic E-state index is 0.414. The maximum atomic E-state index is 2.49. The molecule has 2 aromatic heterocycles. The highest BCUT2D eigenvalue weighted by Crippen LogP contribution is 2.33. The first-order chi connectivity index (χ1) is 26.6. The van der Waals surface area contributed by atoms with Crippen LogP contribution in [-0.4, -0.2) is 19.1 Å². The number of anilines is 2. The molecule has 4 aromatic carbocycles. The van der Waals surface area contributed by atoms with Crippen molar-refractivity contribution in [3.05, 3.63) is 180 Å². The molecular formula is C50H52N4+2. The summed E-state index contributed by atoms with van der Waals surface area (Å²) >= 11 is 0. The van der Waals surface area contributed by atoms with Gasteiger partial charge < -0.3 is 9.80 Å². The van der Waals surface area contributed by atoms with Crippen molar-refractivity contribution in [2.24, 2.45) is 0 Å². The van der Waals surface area contributed by atoms with Gasteiger partial charge in [-0.3, -0.25) is 0 Å². The van der Waals surface area contributed by atoms with Gasteiger partial charge in [-0.15, -0.1) is 0 Å². The van der Waals surface area contributed by atoms with Crippen LogP contribution in [0, 0.1) is 0 Å². The van der Waals surface area contributed by atoms with Crippen LogP contribution in [0.25, 0.3) is 45.6 Å². The van der Waals surface area contributed by atoms with E-state index in [0.29, 0.717) is 6.04 Å². The number of nitrogens with zero attached hydrogens (tertiary/aromatic N) is 4. The number of likely N-dealkylation sites (N-methyl/N-ethyl adjacent to an activating group) is 1. The Balaban J connectivity index is 0.000000167. The number of para-hydroxylation sites is 4. The molecule has 54 heavy (non-hydrogen) atoms. The molecule has 4 heteroatoms. The van der Waals surface area contributed by atoms with Gasteiger partial charge in [0.1, 0.15) is 13.1 Å². The van der Waals surface area contributed by atoms with E-state index < -0.39 is 0 Å². The SMILES string of the molecule is CCN1C=CC(=CC=Cc2cc[n+](CC)c3ccccc23)c2ccccc21.CCN1c2ccccc2C=CC1CC=Cc1ccc2ccccc2[n+]1CC. The number of hydrogen-bond donors (Lipinski definition) is 0. The van der Waals surface area contributed by atoms with Gasteiger partial charge in [-0.05, 0) is 87.2 Å². The predicted octanol–water partition coefficient (Wildman–Crippen LogP) is 11.1. The van der Waals surface area contributed by atoms with Crippen LogP contribution in [0.15, 0.2) is 158 Å². The monoisotopic (exact) mass is 708 g/mol. The van der Waals surface area contributed by atoms with Crippen molar-refractivity contribution in [1.82, 2.24) is 0 Å². The fourth-order valence-electron chi connectivity index (χ4n) is 7.82. The molecule has 0 fully saturated rings. The minimum Gasteiger partial charge on any atom is -0.365 e. The number of hydrogen-bond acceptors (Lipinski definition) is 2. The Labute approximate surface area is 321 Å². The van der Waals surface area contributed by atoms with Crippen LogP contribution < -0.4 is 18.9 Å². The van der Waals surface area contributed by atoms with Gasteiger partial charge in [-0.2, -0.15) is 9.13 Å². The number of benzene rings is 4. The number of aromatic nitrogens is 2. The average molecular weight is 709 g/mol. The predicted molar refractivity (Wildman–Crippen MR) is 231 cm³/mol. The highest BCUT2D eigenvalue weighted by atomic mass is 15.2. The number of aryl methyl sites for hydroxylation is 2. The van der Waals surface area contributed by atoms with E-state index in [1.165, 1.54) is 61.1 Å². The van der Waals surface area contributed by atoms with Gasteiger partial charge in [0.05, 0.1) is 11.4 Å². The van der Waals surface area contributed by atoms with E-state index in [1.54, 1.807) is 0 Å². The lowest BCUT2D eigenvalue weighted by molar-refractivity contribution is -0.669. The van der Waals surface area contributed by atoms with Crippen LogP contribution in [0.5, 0.6) is 0 Å². The van der Waals surface area contributed by atoms with Crippen LogP contribution >= 0.6 is 0 Å². The Kier molecular flexibility index (Phi) is 11.6. The first-order valence-electron chi connectivity index (χ1n) is 19.6. The zero-order valence-corrected chi connectivity index (χ0v) is 32.1. The number of fused-ring (bicyclic) bond motifs is 4. The van der Waals surface area contributed by atoms with Crippen LogP contribution in [0.4, 0.5) is 11.4 Å². The second kappa shape index (κ2) is 17.2. The van der Waals surface area contributed by atoms with Crippen molar-refractivity contribution < 1.29 is 9.13 Å². The third kappa shape index (κ3) is 7.70. The van der Waals surface area contributed by atoms with Crippen LogP contribution in [0.1, 0.15) is 56.5 Å². The molecule has 0 N–H and O–H groups in total. The van der Waals surface area contributed by atoms with Gasteiger partial charge in [0.2, 0.25) is 16.7 Å². The van der Waals surface area contributed by atoms with Crippen LogP contribution in [-0.2, 0) is 13.1 Å². The zero-order valence-electron chi connectivity index (χ0n) is 32.1. The van der Waals surface area contributed by atoms with E-state index in [-0.39, 0.29) is 0 Å². The largest absolute Gasteiger partial charge is 0.365 e. The molecule has 1 atom stereocenters. The summed E-state index contributed by atoms with van der Waals surface area (Å²) in [5.41, 5.74) is 11.5. The number of pyridine rings is 2. The lowest BCUT2D eigenvalue weighted by Crippen LogP contribution is -2.37. The molecule has 8 rings (SSSR count). The topological polar surface area (TPSA) is 14.2 Å². The third-order valence-electron chi connectivity index (χ3n) is 10.6. The van der Waals surface area contributed by atoms with Crippen molar-refractivity contribution in [3.63, 3.8) is 0 Å². The molecular weight excluding hydrogens is 657 g/mol. The molecule has 1 unspecified atom stereocenters. The molecule has 4 heterocycles. The Hall–Kier alpha value is -6.00. The standard InChI is InChI=1S/C25H25N2.C25H27N2/c1-3-26-18-16-20(22-12-5-7-14-24(22)26)10-9-11-21-17-19-27(4-2)25-15-8-6-13-23(21)25;1-3-26-22(18-16-20-10-5-7-14-24(20)26)12-9-13-23-19-17-21-11-6-8-15-25(21)27(23)4-2/h5-19H,3-4H2,1-2H3;5-12,14-19,23H,3-4,13H2,1-2H3/q2*+1. The summed E-state index contributed by atoms with van der Waals surface area (Å²) in [7, 11) is 0. The first kappa shape index (κ1) is 36.4. The summed E-state index contributed by atoms with van der Waals surface area (Å²) in [4.78, 5) is 4.78. The Bertz CT molecular complexity index is 2390. The van der Waals surface area contributed by atoms with Gasteiger partial charge in [0.15, 0.2) is 6.20 Å². The quantitative estimate of drug-likeness (QED) is 0.139. The zero-order chi connectivity index (χ0) is 37.3. The summed E-state index contributed by atoms with van der Waals surface area (Å²) < 4.78 is 4.67. The van der Waals surface area contributed by atoms with Crippen molar-refractivity contribution >= 4 is 57.0 Å². The van der Waals surface area contributed by atoms with Gasteiger partial charge in [-0.1, -0.05) is 97.1 Å². The summed E-state index contributed by atoms with van der Waals surface area (Å²) in [6, 6.07) is 41.5. The number of rotatable bonds is 9. The molecule has 2 aliphatic rings. The maximum absolute atomic E-state index is 2.49. The van der Waals surface area contributed by atoms with Crippen molar-refractivity contribution in [1.29, 1.82) is 0 Å². The van der Waals surface area contributed by atoms with Gasteiger partial charge in [-0.25, -0.2) is 0 Å². The van der Waals surface area contributed by atoms with E-state index in [0.717, 1.165) is 32.6 Å². The molecule has 0 bridgehead atoms. The van der Waals surface area contributed by atoms with Gasteiger partial charge >= 0.3 is 0 Å². The summed E-state index contributed by atoms with van der Waals surface area (Å²) in [5, 5.41) is 2.58. The second-order valence-electron chi connectivity index (χ2n) is 13.6. The van der Waals surface area contributed by atoms with Gasteiger partial charge in [0.25, 0.3) is 0 Å². The van der Waals surface area contributed by atoms with E-state index in [2.05, 4.69) is 223 Å². The lowest BCUT2D eigenvalue weighted by atomic mass is 9.99. The summed E-state index contributed by atoms with van der Waals surface area (Å²) in [6.45, 7) is 12.7. The third-order valence-corrected chi connectivity index (χ3v) is 10.6. The molecule has 0 amide bonds. The van der Waals surface area contributed by atoms with Gasteiger partial charge in [0, 0.05) is 72.0 Å². The molecule has 6 aromatic rings. The van der Waals surface area contributed by atoms with E-state index in [4.69, 9.17) is 0 Å². The smallest absolute Gasteiger partial charge is 0.213 e. The lowest BCUT2D eigenvalue weighted by Gasteiger charge is -2.34. The Morgan fingerprint density at radius 1 is 0.667 bits per heavy atom. The van der Waals surface area contributed by atoms with E-state index >= 15 is 0 Å². The van der Waals surface area contributed by atoms with Crippen molar-refractivity contribution in [2.45, 2.75) is 53.2 Å². The Morgan fingerprint density at radius 3 is 2.24 bits per heavy atom. The summed E-state index contributed by atoms with van der Waals surface area (Å²) in [5.74, 6) is 0. The number of allylic oxidation sites excluding steroid dienone is 4. The molecule has 0 aliphatic carbocycles. The molecule has 2 aliphatic heterocycles. The minimum absolute atomic E-state index is 0.414. The molecule has 0 radical (unpaired) electrons. The van der Waals surface area contributed by atoms with Crippen LogP contribution in [0.2, 0.25) is 0 Å². The highest BCUT2D eigenvalue weighted by Gasteiger charge is 2.20. The van der Waals surface area contributed by atoms with E-state index in [9.17, 15) is 0 Å². The molecule has 0 saturated carbocycles. The first-order valence-corrected chi connectivity index (χ1v) is 19.6. The molecule has 4 nitrogen and oxygen atoms in total. The molecule has 0 spiro atoms. The fourth-order valence-corrected chi connectivity index (χ4v) is 7.82. The maximum Gasteiger partial charge on any atom is 0.213 e. The molecule has 270 valence electrons. The average Bonchev–Trinajstić information content (AvgIpc) is 3.23. The van der Waals surface area contributed by atoms with Crippen molar-refractivity contribution in [2.75, 3.05) is 22.9 Å². The van der Waals surface area contributed by atoms with Crippen LogP contribution in [0.3, 0.4) is 0 Å². The fraction of sp³-hybridized carbons (Fsp3) is 0.200. The second-order valence-corrected chi connectivity index (χ2v) is 13.6. The van der Waals surface area contributed by atoms with E-state index in [1.807, 2.05) is 0 Å². The Morgan fingerprint density at radius 2 is 1.43 bits per heavy atom. The van der Waals surface area contributed by atoms with Crippen molar-refractivity contribution in [3.8, 4) is 0 Å². The molecule has 0 saturated heterocycles.